The fourth-order valence-electron chi connectivity index (χ4n) is 2.12. The summed E-state index contributed by atoms with van der Waals surface area (Å²) in [5.41, 5.74) is 0. The van der Waals surface area contributed by atoms with Gasteiger partial charge in [0.2, 0.25) is 5.91 Å². The lowest BCUT2D eigenvalue weighted by Crippen LogP contribution is -2.39. The lowest BCUT2D eigenvalue weighted by Gasteiger charge is -2.30. The zero-order valence-electron chi connectivity index (χ0n) is 9.48. The molecule has 1 aromatic rings. The number of ether oxygens (including phenoxy) is 1. The molecule has 88 valence electrons. The van der Waals surface area contributed by atoms with Crippen molar-refractivity contribution in [3.05, 3.63) is 18.2 Å². The standard InChI is InChI=1S/C11H17N3O2/c1-16-8-10(15)14-6-2-9(3-7-14)11-12-4-5-13-11/h4-5,9H,2-3,6-8H2,1H3,(H,12,13). The first kappa shape index (κ1) is 11.1. The highest BCUT2D eigenvalue weighted by Crippen LogP contribution is 2.25. The third-order valence-corrected chi connectivity index (χ3v) is 3.02. The minimum atomic E-state index is 0.0837. The number of amides is 1. The van der Waals surface area contributed by atoms with Crippen molar-refractivity contribution in [2.45, 2.75) is 18.8 Å². The smallest absolute Gasteiger partial charge is 0.248 e. The molecule has 0 bridgehead atoms. The maximum atomic E-state index is 11.6. The van der Waals surface area contributed by atoms with Crippen LogP contribution in [0.4, 0.5) is 0 Å². The Bertz CT molecular complexity index is 329. The van der Waals surface area contributed by atoms with Gasteiger partial charge in [0.25, 0.3) is 0 Å². The molecule has 0 aromatic carbocycles. The van der Waals surface area contributed by atoms with Crippen LogP contribution in [-0.2, 0) is 9.53 Å². The summed E-state index contributed by atoms with van der Waals surface area (Å²) in [4.78, 5) is 20.8. The number of hydrogen-bond acceptors (Lipinski definition) is 3. The molecule has 5 heteroatoms. The molecule has 5 nitrogen and oxygen atoms in total. The van der Waals surface area contributed by atoms with Crippen molar-refractivity contribution in [1.82, 2.24) is 14.9 Å². The Hall–Kier alpha value is -1.36. The van der Waals surface area contributed by atoms with E-state index < -0.39 is 0 Å². The monoisotopic (exact) mass is 223 g/mol. The minimum Gasteiger partial charge on any atom is -0.375 e. The zero-order valence-corrected chi connectivity index (χ0v) is 9.48. The Kier molecular flexibility index (Phi) is 3.56. The maximum absolute atomic E-state index is 11.6. The van der Waals surface area contributed by atoms with Crippen LogP contribution in [0.3, 0.4) is 0 Å². The van der Waals surface area contributed by atoms with Crippen molar-refractivity contribution in [2.75, 3.05) is 26.8 Å². The van der Waals surface area contributed by atoms with E-state index in [4.69, 9.17) is 4.74 Å². The second-order valence-corrected chi connectivity index (χ2v) is 4.06. The number of hydrogen-bond donors (Lipinski definition) is 1. The molecule has 1 saturated heterocycles. The van der Waals surface area contributed by atoms with Gasteiger partial charge in [0, 0.05) is 38.5 Å². The number of nitrogens with zero attached hydrogens (tertiary/aromatic N) is 2. The van der Waals surface area contributed by atoms with E-state index in [1.807, 2.05) is 11.1 Å². The van der Waals surface area contributed by atoms with Gasteiger partial charge in [-0.25, -0.2) is 4.98 Å². The topological polar surface area (TPSA) is 58.2 Å². The van der Waals surface area contributed by atoms with Gasteiger partial charge in [-0.05, 0) is 12.8 Å². The fourth-order valence-corrected chi connectivity index (χ4v) is 2.12. The van der Waals surface area contributed by atoms with Crippen molar-refractivity contribution in [3.8, 4) is 0 Å². The molecule has 2 heterocycles. The normalized spacial score (nSPS) is 17.7. The number of nitrogens with one attached hydrogen (secondary N) is 1. The maximum Gasteiger partial charge on any atom is 0.248 e. The summed E-state index contributed by atoms with van der Waals surface area (Å²) in [7, 11) is 1.55. The van der Waals surface area contributed by atoms with Gasteiger partial charge in [-0.1, -0.05) is 0 Å². The summed E-state index contributed by atoms with van der Waals surface area (Å²) >= 11 is 0. The second-order valence-electron chi connectivity index (χ2n) is 4.06. The predicted octanol–water partition coefficient (Wildman–Crippen LogP) is 0.762. The molecule has 0 saturated carbocycles. The number of methoxy groups -OCH3 is 1. The summed E-state index contributed by atoms with van der Waals surface area (Å²) in [6, 6.07) is 0. The van der Waals surface area contributed by atoms with Crippen molar-refractivity contribution >= 4 is 5.91 Å². The number of carbonyl (C=O) groups is 1. The van der Waals surface area contributed by atoms with Crippen LogP contribution < -0.4 is 0 Å². The number of aromatic amines is 1. The average Bonchev–Trinajstić information content (AvgIpc) is 2.83. The first-order valence-electron chi connectivity index (χ1n) is 5.57. The van der Waals surface area contributed by atoms with E-state index >= 15 is 0 Å². The van der Waals surface area contributed by atoms with Crippen LogP contribution in [0.1, 0.15) is 24.6 Å². The van der Waals surface area contributed by atoms with Crippen LogP contribution in [0.25, 0.3) is 0 Å². The first-order chi connectivity index (χ1) is 7.81. The summed E-state index contributed by atoms with van der Waals surface area (Å²) in [6.07, 6.45) is 5.57. The van der Waals surface area contributed by atoms with E-state index in [2.05, 4.69) is 9.97 Å². The number of rotatable bonds is 3. The highest BCUT2D eigenvalue weighted by Gasteiger charge is 2.24. The Balaban J connectivity index is 1.85. The van der Waals surface area contributed by atoms with E-state index in [1.165, 1.54) is 0 Å². The van der Waals surface area contributed by atoms with E-state index in [-0.39, 0.29) is 12.5 Å². The lowest BCUT2D eigenvalue weighted by molar-refractivity contribution is -0.136. The van der Waals surface area contributed by atoms with Crippen LogP contribution in [0.2, 0.25) is 0 Å². The highest BCUT2D eigenvalue weighted by molar-refractivity contribution is 5.77. The van der Waals surface area contributed by atoms with Crippen molar-refractivity contribution in [1.29, 1.82) is 0 Å². The Morgan fingerprint density at radius 3 is 2.94 bits per heavy atom. The largest absolute Gasteiger partial charge is 0.375 e. The van der Waals surface area contributed by atoms with Gasteiger partial charge in [0.15, 0.2) is 0 Å². The molecule has 1 aromatic heterocycles. The van der Waals surface area contributed by atoms with Crippen LogP contribution in [0.5, 0.6) is 0 Å². The molecule has 0 unspecified atom stereocenters. The molecular weight excluding hydrogens is 206 g/mol. The molecule has 2 rings (SSSR count). The third-order valence-electron chi connectivity index (χ3n) is 3.02. The second kappa shape index (κ2) is 5.12. The van der Waals surface area contributed by atoms with Crippen LogP contribution in [0, 0.1) is 0 Å². The van der Waals surface area contributed by atoms with Gasteiger partial charge in [-0.3, -0.25) is 4.79 Å². The molecule has 16 heavy (non-hydrogen) atoms. The molecule has 1 aliphatic heterocycles. The molecule has 0 atom stereocenters. The number of carbonyl (C=O) groups excluding carboxylic acids is 1. The van der Waals surface area contributed by atoms with E-state index in [9.17, 15) is 4.79 Å². The Morgan fingerprint density at radius 1 is 1.62 bits per heavy atom. The van der Waals surface area contributed by atoms with Crippen molar-refractivity contribution in [3.63, 3.8) is 0 Å². The molecule has 0 spiro atoms. The number of H-pyrrole nitrogens is 1. The van der Waals surface area contributed by atoms with Crippen LogP contribution >= 0.6 is 0 Å². The van der Waals surface area contributed by atoms with E-state index in [1.54, 1.807) is 13.3 Å². The third kappa shape index (κ3) is 2.41. The van der Waals surface area contributed by atoms with E-state index in [0.29, 0.717) is 5.92 Å². The van der Waals surface area contributed by atoms with E-state index in [0.717, 1.165) is 31.8 Å². The number of aromatic nitrogens is 2. The molecule has 0 aliphatic carbocycles. The lowest BCUT2D eigenvalue weighted by atomic mass is 9.96. The molecule has 1 amide bonds. The molecule has 1 aliphatic rings. The number of likely N-dealkylation sites (tertiary alicyclic amines) is 1. The highest BCUT2D eigenvalue weighted by atomic mass is 16.5. The summed E-state index contributed by atoms with van der Waals surface area (Å²) in [5, 5.41) is 0. The molecule has 0 radical (unpaired) electrons. The SMILES string of the molecule is COCC(=O)N1CCC(c2ncc[nH]2)CC1. The predicted molar refractivity (Wildman–Crippen MR) is 59.0 cm³/mol. The Morgan fingerprint density at radius 2 is 2.38 bits per heavy atom. The summed E-state index contributed by atoms with van der Waals surface area (Å²) in [6.45, 7) is 1.78. The summed E-state index contributed by atoms with van der Waals surface area (Å²) < 4.78 is 4.85. The van der Waals surface area contributed by atoms with Gasteiger partial charge < -0.3 is 14.6 Å². The number of piperidine rings is 1. The van der Waals surface area contributed by atoms with Crippen LogP contribution in [0.15, 0.2) is 12.4 Å². The van der Waals surface area contributed by atoms with Gasteiger partial charge in [0.05, 0.1) is 0 Å². The van der Waals surface area contributed by atoms with Crippen molar-refractivity contribution in [2.24, 2.45) is 0 Å². The van der Waals surface area contributed by atoms with Crippen LogP contribution in [-0.4, -0.2) is 47.6 Å². The first-order valence-corrected chi connectivity index (χ1v) is 5.57. The minimum absolute atomic E-state index is 0.0837. The Labute approximate surface area is 94.8 Å². The zero-order chi connectivity index (χ0) is 11.4. The quantitative estimate of drug-likeness (QED) is 0.823. The van der Waals surface area contributed by atoms with Crippen molar-refractivity contribution < 1.29 is 9.53 Å². The molecule has 1 fully saturated rings. The number of imidazole rings is 1. The summed E-state index contributed by atoms with van der Waals surface area (Å²) in [5.74, 6) is 1.58. The molecular formula is C11H17N3O2. The average molecular weight is 223 g/mol. The van der Waals surface area contributed by atoms with Gasteiger partial charge in [-0.15, -0.1) is 0 Å². The molecule has 1 N–H and O–H groups in total. The fraction of sp³-hybridized carbons (Fsp3) is 0.636. The van der Waals surface area contributed by atoms with Gasteiger partial charge >= 0.3 is 0 Å². The van der Waals surface area contributed by atoms with Gasteiger partial charge in [0.1, 0.15) is 12.4 Å². The van der Waals surface area contributed by atoms with Gasteiger partial charge in [-0.2, -0.15) is 0 Å².